The van der Waals surface area contributed by atoms with Crippen molar-refractivity contribution in [2.45, 2.75) is 6.92 Å². The van der Waals surface area contributed by atoms with Gasteiger partial charge in [0.25, 0.3) is 11.8 Å². The normalized spacial score (nSPS) is 10.4. The van der Waals surface area contributed by atoms with Crippen LogP contribution in [0, 0.1) is 6.92 Å². The molecule has 0 bridgehead atoms. The molecular formula is C18H16N4O2. The maximum atomic E-state index is 12.4. The fourth-order valence-electron chi connectivity index (χ4n) is 2.34. The third-order valence-electron chi connectivity index (χ3n) is 3.65. The first-order valence-electron chi connectivity index (χ1n) is 7.44. The minimum atomic E-state index is -0.343. The molecule has 24 heavy (non-hydrogen) atoms. The van der Waals surface area contributed by atoms with E-state index >= 15 is 0 Å². The standard InChI is InChI=1S/C18H16N4O2/c1-11-9-12(17(23)19-2)7-8-13(11)22-18(24)16-10-20-14-5-3-4-6-15(14)21-16/h3-10H,1-2H3,(H,19,23)(H,22,24). The number of hydrogen-bond acceptors (Lipinski definition) is 4. The first-order valence-corrected chi connectivity index (χ1v) is 7.44. The van der Waals surface area contributed by atoms with Crippen molar-refractivity contribution in [3.05, 3.63) is 65.5 Å². The van der Waals surface area contributed by atoms with Crippen molar-refractivity contribution in [2.24, 2.45) is 0 Å². The van der Waals surface area contributed by atoms with Crippen molar-refractivity contribution < 1.29 is 9.59 Å². The average Bonchev–Trinajstić information content (AvgIpc) is 2.62. The molecule has 0 aliphatic rings. The van der Waals surface area contributed by atoms with Crippen LogP contribution in [0.4, 0.5) is 5.69 Å². The van der Waals surface area contributed by atoms with E-state index in [-0.39, 0.29) is 17.5 Å². The Kier molecular flexibility index (Phi) is 4.20. The summed E-state index contributed by atoms with van der Waals surface area (Å²) in [6.45, 7) is 1.83. The summed E-state index contributed by atoms with van der Waals surface area (Å²) in [6.07, 6.45) is 1.45. The fourth-order valence-corrected chi connectivity index (χ4v) is 2.34. The van der Waals surface area contributed by atoms with Gasteiger partial charge in [-0.05, 0) is 42.8 Å². The molecule has 3 rings (SSSR count). The number of nitrogens with zero attached hydrogens (tertiary/aromatic N) is 2. The van der Waals surface area contributed by atoms with Gasteiger partial charge in [-0.15, -0.1) is 0 Å². The smallest absolute Gasteiger partial charge is 0.275 e. The molecule has 0 atom stereocenters. The van der Waals surface area contributed by atoms with E-state index in [1.54, 1.807) is 25.2 Å². The first-order chi connectivity index (χ1) is 11.6. The molecule has 0 radical (unpaired) electrons. The Balaban J connectivity index is 1.84. The molecule has 1 aromatic heterocycles. The van der Waals surface area contributed by atoms with Gasteiger partial charge in [-0.3, -0.25) is 14.6 Å². The Morgan fingerprint density at radius 1 is 1.00 bits per heavy atom. The number of nitrogens with one attached hydrogen (secondary N) is 2. The topological polar surface area (TPSA) is 84.0 Å². The molecule has 120 valence electrons. The Bertz CT molecular complexity index is 937. The van der Waals surface area contributed by atoms with E-state index in [0.717, 1.165) is 11.1 Å². The van der Waals surface area contributed by atoms with E-state index in [4.69, 9.17) is 0 Å². The van der Waals surface area contributed by atoms with Crippen LogP contribution in [0.15, 0.2) is 48.7 Å². The highest BCUT2D eigenvalue weighted by atomic mass is 16.2. The third kappa shape index (κ3) is 3.08. The SMILES string of the molecule is CNC(=O)c1ccc(NC(=O)c2cnc3ccccc3n2)c(C)c1. The number of amides is 2. The second-order valence-electron chi connectivity index (χ2n) is 5.31. The van der Waals surface area contributed by atoms with E-state index in [2.05, 4.69) is 20.6 Å². The first kappa shape index (κ1) is 15.6. The second-order valence-corrected chi connectivity index (χ2v) is 5.31. The van der Waals surface area contributed by atoms with Crippen molar-refractivity contribution in [3.63, 3.8) is 0 Å². The highest BCUT2D eigenvalue weighted by Crippen LogP contribution is 2.18. The maximum Gasteiger partial charge on any atom is 0.275 e. The Morgan fingerprint density at radius 2 is 1.75 bits per heavy atom. The molecule has 0 fully saturated rings. The largest absolute Gasteiger partial charge is 0.355 e. The van der Waals surface area contributed by atoms with Crippen molar-refractivity contribution in [1.82, 2.24) is 15.3 Å². The number of hydrogen-bond donors (Lipinski definition) is 2. The van der Waals surface area contributed by atoms with Crippen LogP contribution in [0.2, 0.25) is 0 Å². The number of carbonyl (C=O) groups excluding carboxylic acids is 2. The summed E-state index contributed by atoms with van der Waals surface area (Å²) < 4.78 is 0. The Labute approximate surface area is 138 Å². The van der Waals surface area contributed by atoms with Gasteiger partial charge in [0.15, 0.2) is 0 Å². The van der Waals surface area contributed by atoms with Gasteiger partial charge in [0, 0.05) is 18.3 Å². The zero-order chi connectivity index (χ0) is 17.1. The zero-order valence-electron chi connectivity index (χ0n) is 13.3. The van der Waals surface area contributed by atoms with E-state index < -0.39 is 0 Å². The average molecular weight is 320 g/mol. The molecule has 2 N–H and O–H groups in total. The van der Waals surface area contributed by atoms with Crippen LogP contribution in [0.1, 0.15) is 26.4 Å². The number of fused-ring (bicyclic) bond motifs is 1. The molecule has 0 saturated carbocycles. The molecule has 0 aliphatic carbocycles. The van der Waals surface area contributed by atoms with Gasteiger partial charge < -0.3 is 10.6 Å². The molecule has 2 aromatic carbocycles. The van der Waals surface area contributed by atoms with Crippen LogP contribution in [-0.2, 0) is 0 Å². The molecule has 6 nitrogen and oxygen atoms in total. The highest BCUT2D eigenvalue weighted by Gasteiger charge is 2.12. The van der Waals surface area contributed by atoms with Crippen LogP contribution in [-0.4, -0.2) is 28.8 Å². The van der Waals surface area contributed by atoms with E-state index in [1.807, 2.05) is 31.2 Å². The fraction of sp³-hybridized carbons (Fsp3) is 0.111. The number of benzene rings is 2. The highest BCUT2D eigenvalue weighted by molar-refractivity contribution is 6.04. The summed E-state index contributed by atoms with van der Waals surface area (Å²) in [4.78, 5) is 32.6. The summed E-state index contributed by atoms with van der Waals surface area (Å²) in [6, 6.07) is 12.4. The minimum absolute atomic E-state index is 0.170. The third-order valence-corrected chi connectivity index (χ3v) is 3.65. The van der Waals surface area contributed by atoms with E-state index in [0.29, 0.717) is 16.8 Å². The van der Waals surface area contributed by atoms with Crippen molar-refractivity contribution in [1.29, 1.82) is 0 Å². The van der Waals surface area contributed by atoms with Crippen molar-refractivity contribution in [3.8, 4) is 0 Å². The van der Waals surface area contributed by atoms with Gasteiger partial charge in [0.1, 0.15) is 5.69 Å². The minimum Gasteiger partial charge on any atom is -0.355 e. The number of carbonyl (C=O) groups is 2. The van der Waals surface area contributed by atoms with E-state index in [1.165, 1.54) is 6.20 Å². The summed E-state index contributed by atoms with van der Waals surface area (Å²) in [7, 11) is 1.58. The summed E-state index contributed by atoms with van der Waals surface area (Å²) in [5.74, 6) is -0.514. The molecule has 1 heterocycles. The predicted molar refractivity (Wildman–Crippen MR) is 92.1 cm³/mol. The predicted octanol–water partition coefficient (Wildman–Crippen LogP) is 2.55. The molecule has 3 aromatic rings. The monoisotopic (exact) mass is 320 g/mol. The lowest BCUT2D eigenvalue weighted by Gasteiger charge is -2.10. The molecule has 0 unspecified atom stereocenters. The number of aromatic nitrogens is 2. The summed E-state index contributed by atoms with van der Waals surface area (Å²) >= 11 is 0. The van der Waals surface area contributed by atoms with Crippen molar-refractivity contribution in [2.75, 3.05) is 12.4 Å². The van der Waals surface area contributed by atoms with Crippen LogP contribution in [0.5, 0.6) is 0 Å². The summed E-state index contributed by atoms with van der Waals surface area (Å²) in [5.41, 5.74) is 3.60. The molecule has 0 aliphatic heterocycles. The van der Waals surface area contributed by atoms with Crippen LogP contribution < -0.4 is 10.6 Å². The number of anilines is 1. The van der Waals surface area contributed by atoms with Gasteiger partial charge in [-0.1, -0.05) is 12.1 Å². The lowest BCUT2D eigenvalue weighted by molar-refractivity contribution is 0.0962. The zero-order valence-corrected chi connectivity index (χ0v) is 13.3. The molecule has 0 spiro atoms. The van der Waals surface area contributed by atoms with Crippen LogP contribution >= 0.6 is 0 Å². The number of para-hydroxylation sites is 2. The van der Waals surface area contributed by atoms with Gasteiger partial charge in [0.2, 0.25) is 0 Å². The van der Waals surface area contributed by atoms with Crippen LogP contribution in [0.3, 0.4) is 0 Å². The van der Waals surface area contributed by atoms with Crippen LogP contribution in [0.25, 0.3) is 11.0 Å². The van der Waals surface area contributed by atoms with Gasteiger partial charge >= 0.3 is 0 Å². The van der Waals surface area contributed by atoms with Crippen molar-refractivity contribution >= 4 is 28.5 Å². The van der Waals surface area contributed by atoms with E-state index in [9.17, 15) is 9.59 Å². The lowest BCUT2D eigenvalue weighted by Crippen LogP contribution is -2.18. The Morgan fingerprint density at radius 3 is 2.46 bits per heavy atom. The number of rotatable bonds is 3. The summed E-state index contributed by atoms with van der Waals surface area (Å²) in [5, 5.41) is 5.37. The quantitative estimate of drug-likeness (QED) is 0.777. The molecule has 6 heteroatoms. The number of aryl methyl sites for hydroxylation is 1. The lowest BCUT2D eigenvalue weighted by atomic mass is 10.1. The van der Waals surface area contributed by atoms with Gasteiger partial charge in [0.05, 0.1) is 17.2 Å². The molecular weight excluding hydrogens is 304 g/mol. The maximum absolute atomic E-state index is 12.4. The van der Waals surface area contributed by atoms with Gasteiger partial charge in [-0.2, -0.15) is 0 Å². The van der Waals surface area contributed by atoms with Gasteiger partial charge in [-0.25, -0.2) is 4.98 Å². The molecule has 2 amide bonds. The second kappa shape index (κ2) is 6.45. The molecule has 0 saturated heterocycles. The Hall–Kier alpha value is -3.28.